The molecule has 0 amide bonds. The number of hydrogen-bond acceptors (Lipinski definition) is 2. The quantitative estimate of drug-likeness (QED) is 0.446. The van der Waals surface area contributed by atoms with Gasteiger partial charge in [-0.05, 0) is 6.92 Å². The molecule has 68 valence electrons. The summed E-state index contributed by atoms with van der Waals surface area (Å²) in [7, 11) is 0. The molecule has 0 saturated carbocycles. The Balaban J connectivity index is 0.000000980. The topological polar surface area (TPSA) is 24.7 Å². The van der Waals surface area contributed by atoms with Gasteiger partial charge in [-0.3, -0.25) is 0 Å². The maximum atomic E-state index is 3.92. The third kappa shape index (κ3) is 2.20. The van der Waals surface area contributed by atoms with Gasteiger partial charge in [0.05, 0.1) is 12.2 Å². The van der Waals surface area contributed by atoms with Gasteiger partial charge in [-0.1, -0.05) is 9.98 Å². The first kappa shape index (κ1) is 10.9. The summed E-state index contributed by atoms with van der Waals surface area (Å²) in [6, 6.07) is 0. The van der Waals surface area contributed by atoms with Crippen molar-refractivity contribution in [2.45, 2.75) is 6.92 Å². The molecule has 2 aliphatic rings. The maximum absolute atomic E-state index is 3.92. The van der Waals surface area contributed by atoms with Crippen LogP contribution in [0.5, 0.6) is 0 Å². The lowest BCUT2D eigenvalue weighted by atomic mass is 9.99. The predicted molar refractivity (Wildman–Crippen MR) is 53.9 cm³/mol. The van der Waals surface area contributed by atoms with Gasteiger partial charge < -0.3 is 24.0 Å². The Morgan fingerprint density at radius 1 is 1.14 bits per heavy atom. The molecule has 0 unspecified atom stereocenters. The van der Waals surface area contributed by atoms with Gasteiger partial charge in [0.15, 0.2) is 29.1 Å². The van der Waals surface area contributed by atoms with Crippen LogP contribution in [0.25, 0.3) is 0 Å². The highest BCUT2D eigenvalue weighted by Crippen LogP contribution is 2.20. The second kappa shape index (κ2) is 4.91. The molecule has 0 fully saturated rings. The van der Waals surface area contributed by atoms with Gasteiger partial charge in [-0.25, -0.2) is 0 Å². The van der Waals surface area contributed by atoms with Gasteiger partial charge in [0.2, 0.25) is 0 Å². The fourth-order valence-corrected chi connectivity index (χ4v) is 1.23. The molecule has 2 aliphatic heterocycles. The van der Waals surface area contributed by atoms with Crippen LogP contribution in [-0.4, -0.2) is 12.4 Å². The van der Waals surface area contributed by atoms with Crippen molar-refractivity contribution in [1.82, 2.24) is 0 Å². The predicted octanol–water partition coefficient (Wildman–Crippen LogP) is -0.817. The fourth-order valence-electron chi connectivity index (χ4n) is 1.23. The van der Waals surface area contributed by atoms with Gasteiger partial charge in [0, 0.05) is 0 Å². The number of halogens is 1. The summed E-state index contributed by atoms with van der Waals surface area (Å²) in [5.41, 5.74) is 3.28. The van der Waals surface area contributed by atoms with Gasteiger partial charge >= 0.3 is 0 Å². The van der Waals surface area contributed by atoms with Crippen LogP contribution in [0, 0.1) is 0 Å². The van der Waals surface area contributed by atoms with E-state index in [1.165, 1.54) is 0 Å². The van der Waals surface area contributed by atoms with Crippen molar-refractivity contribution in [3.63, 3.8) is 0 Å². The highest BCUT2D eigenvalue weighted by atomic mass is 127. The van der Waals surface area contributed by atoms with Crippen LogP contribution in [0.4, 0.5) is 0 Å². The largest absolute Gasteiger partial charge is 1.00 e. The van der Waals surface area contributed by atoms with Crippen molar-refractivity contribution < 1.29 is 24.0 Å². The second-order valence-electron chi connectivity index (χ2n) is 2.77. The summed E-state index contributed by atoms with van der Waals surface area (Å²) in [4.78, 5) is 7.77. The lowest BCUT2D eigenvalue weighted by Crippen LogP contribution is -3.00. The average Bonchev–Trinajstić information content (AvgIpc) is 2.20. The van der Waals surface area contributed by atoms with Crippen LogP contribution >= 0.6 is 0 Å². The number of allylic oxidation sites excluding steroid dienone is 6. The van der Waals surface area contributed by atoms with E-state index in [2.05, 4.69) is 22.4 Å². The zero-order valence-corrected chi connectivity index (χ0v) is 9.82. The molecule has 0 aromatic carbocycles. The molecule has 0 N–H and O–H groups in total. The van der Waals surface area contributed by atoms with Crippen LogP contribution in [0.1, 0.15) is 6.92 Å². The molecule has 2 heterocycles. The van der Waals surface area contributed by atoms with E-state index in [1.54, 1.807) is 12.4 Å². The SMILES string of the molecule is CC1=C(C2=C[C+]=NC=C2)C=CN=[C+]1.[I-]. The van der Waals surface area contributed by atoms with Crippen molar-refractivity contribution in [2.75, 3.05) is 0 Å². The molecule has 0 saturated heterocycles. The Kier molecular flexibility index (Phi) is 3.84. The summed E-state index contributed by atoms with van der Waals surface area (Å²) < 4.78 is 0. The zero-order chi connectivity index (χ0) is 9.10. The summed E-state index contributed by atoms with van der Waals surface area (Å²) in [5.74, 6) is 0. The fraction of sp³-hybridized carbons (Fsp3) is 0.0909. The third-order valence-corrected chi connectivity index (χ3v) is 1.89. The first-order chi connectivity index (χ1) is 6.38. The molecule has 3 heteroatoms. The van der Waals surface area contributed by atoms with Crippen LogP contribution in [0.2, 0.25) is 0 Å². The molecule has 0 radical (unpaired) electrons. The monoisotopic (exact) mass is 295 g/mol. The summed E-state index contributed by atoms with van der Waals surface area (Å²) in [6.45, 7) is 1.99. The molecule has 0 aliphatic carbocycles. The van der Waals surface area contributed by atoms with Crippen LogP contribution < -0.4 is 24.0 Å². The first-order valence-electron chi connectivity index (χ1n) is 4.03. The minimum atomic E-state index is 0. The molecule has 0 aromatic rings. The van der Waals surface area contributed by atoms with E-state index >= 15 is 0 Å². The van der Waals surface area contributed by atoms with Crippen molar-refractivity contribution >= 4 is 12.4 Å². The molecule has 14 heavy (non-hydrogen) atoms. The minimum absolute atomic E-state index is 0. The average molecular weight is 295 g/mol. The maximum Gasteiger partial charge on any atom is 0.161 e. The lowest BCUT2D eigenvalue weighted by molar-refractivity contribution is -0.00000258. The molecule has 2 nitrogen and oxygen atoms in total. The summed E-state index contributed by atoms with van der Waals surface area (Å²) >= 11 is 0. The van der Waals surface area contributed by atoms with Crippen molar-refractivity contribution in [2.24, 2.45) is 9.98 Å². The van der Waals surface area contributed by atoms with Crippen molar-refractivity contribution in [1.29, 1.82) is 0 Å². The number of hydrogen-bond donors (Lipinski definition) is 0. The van der Waals surface area contributed by atoms with E-state index in [9.17, 15) is 0 Å². The zero-order valence-electron chi connectivity index (χ0n) is 7.66. The van der Waals surface area contributed by atoms with E-state index in [1.807, 2.05) is 25.2 Å². The van der Waals surface area contributed by atoms with E-state index in [4.69, 9.17) is 0 Å². The normalized spacial score (nSPS) is 17.1. The summed E-state index contributed by atoms with van der Waals surface area (Å²) in [6.07, 6.45) is 15.0. The van der Waals surface area contributed by atoms with Gasteiger partial charge in [0.25, 0.3) is 0 Å². The van der Waals surface area contributed by atoms with Gasteiger partial charge in [-0.15, -0.1) is 0 Å². The van der Waals surface area contributed by atoms with Gasteiger partial charge in [-0.2, -0.15) is 0 Å². The second-order valence-corrected chi connectivity index (χ2v) is 2.77. The third-order valence-electron chi connectivity index (χ3n) is 1.89. The Morgan fingerprint density at radius 3 is 2.57 bits per heavy atom. The van der Waals surface area contributed by atoms with Crippen molar-refractivity contribution in [3.8, 4) is 0 Å². The number of rotatable bonds is 1. The standard InChI is InChI=1S/C11H8N2.HI/c1-9-8-13-7-4-11(9)10-2-5-12-6-3-10;/h2-5,7H,1H3;1H/q+2;/p-1. The summed E-state index contributed by atoms with van der Waals surface area (Å²) in [5, 5.41) is 0. The molecule has 0 bridgehead atoms. The molecular weight excluding hydrogens is 287 g/mol. The smallest absolute Gasteiger partial charge is 0.161 e. The Hall–Kier alpha value is -1.15. The van der Waals surface area contributed by atoms with Gasteiger partial charge in [0.1, 0.15) is 18.5 Å². The molecule has 0 atom stereocenters. The number of aliphatic imine (C=N–C) groups is 2. The van der Waals surface area contributed by atoms with Crippen molar-refractivity contribution in [3.05, 3.63) is 47.3 Å². The van der Waals surface area contributed by atoms with E-state index in [0.717, 1.165) is 16.7 Å². The Labute approximate surface area is 101 Å². The Morgan fingerprint density at radius 2 is 1.93 bits per heavy atom. The molecule has 0 aromatic heterocycles. The molecule has 0 spiro atoms. The van der Waals surface area contributed by atoms with E-state index in [-0.39, 0.29) is 24.0 Å². The Bertz CT molecular complexity index is 396. The molecule has 2 rings (SSSR count). The minimum Gasteiger partial charge on any atom is -1.00 e. The van der Waals surface area contributed by atoms with Crippen LogP contribution in [0.15, 0.2) is 57.3 Å². The highest BCUT2D eigenvalue weighted by molar-refractivity contribution is 5.86. The first-order valence-corrected chi connectivity index (χ1v) is 4.03. The van der Waals surface area contributed by atoms with E-state index in [0.29, 0.717) is 0 Å². The van der Waals surface area contributed by atoms with Crippen LogP contribution in [0.3, 0.4) is 0 Å². The van der Waals surface area contributed by atoms with E-state index < -0.39 is 0 Å². The highest BCUT2D eigenvalue weighted by Gasteiger charge is 2.20. The van der Waals surface area contributed by atoms with Crippen LogP contribution in [-0.2, 0) is 0 Å². The lowest BCUT2D eigenvalue weighted by Gasteiger charge is -1.93. The number of nitrogens with zero attached hydrogens (tertiary/aromatic N) is 2. The molecular formula is C11H8IN2+.